The third-order valence-corrected chi connectivity index (χ3v) is 5.73. The summed E-state index contributed by atoms with van der Waals surface area (Å²) in [6.07, 6.45) is 2.60. The van der Waals surface area contributed by atoms with Crippen molar-refractivity contribution in [2.75, 3.05) is 6.54 Å². The van der Waals surface area contributed by atoms with E-state index in [0.717, 1.165) is 22.2 Å². The molecule has 4 nitrogen and oxygen atoms in total. The Morgan fingerprint density at radius 1 is 1.16 bits per heavy atom. The van der Waals surface area contributed by atoms with Crippen molar-refractivity contribution < 1.29 is 8.42 Å². The minimum Gasteiger partial charge on any atom is -0.365 e. The van der Waals surface area contributed by atoms with Gasteiger partial charge in [0.15, 0.2) is 0 Å². The van der Waals surface area contributed by atoms with Crippen LogP contribution in [-0.2, 0) is 23.0 Å². The van der Waals surface area contributed by atoms with Crippen LogP contribution < -0.4 is 0 Å². The normalized spacial score (nSPS) is 16.3. The third kappa shape index (κ3) is 2.35. The number of hydrogen-bond acceptors (Lipinski definition) is 2. The number of sulfonamides is 1. The van der Waals surface area contributed by atoms with E-state index in [-0.39, 0.29) is 0 Å². The average molecular weight is 341 g/mol. The van der Waals surface area contributed by atoms with Gasteiger partial charge in [0.05, 0.1) is 4.90 Å². The second-order valence-corrected chi connectivity index (χ2v) is 7.38. The van der Waals surface area contributed by atoms with E-state index >= 15 is 0 Å². The van der Waals surface area contributed by atoms with Crippen molar-refractivity contribution in [2.45, 2.75) is 17.9 Å². The SMILES string of the molecule is O=S(=O)(c1ccc(Br)cc1)N1CCc2[nH]ccc2C1. The first-order chi connectivity index (χ1) is 9.07. The molecule has 1 aromatic carbocycles. The summed E-state index contributed by atoms with van der Waals surface area (Å²) in [5, 5.41) is 0. The van der Waals surface area contributed by atoms with Crippen molar-refractivity contribution in [3.63, 3.8) is 0 Å². The summed E-state index contributed by atoms with van der Waals surface area (Å²) in [6, 6.07) is 8.70. The van der Waals surface area contributed by atoms with Crippen LogP contribution in [0.1, 0.15) is 11.3 Å². The fourth-order valence-corrected chi connectivity index (χ4v) is 3.97. The fraction of sp³-hybridized carbons (Fsp3) is 0.231. The quantitative estimate of drug-likeness (QED) is 0.913. The van der Waals surface area contributed by atoms with Crippen LogP contribution in [0.4, 0.5) is 0 Å². The van der Waals surface area contributed by atoms with Crippen LogP contribution in [0, 0.1) is 0 Å². The van der Waals surface area contributed by atoms with Gasteiger partial charge in [0, 0.05) is 35.9 Å². The van der Waals surface area contributed by atoms with E-state index in [1.54, 1.807) is 24.3 Å². The first-order valence-electron chi connectivity index (χ1n) is 5.98. The molecule has 6 heteroatoms. The molecule has 0 spiro atoms. The number of fused-ring (bicyclic) bond motifs is 1. The molecule has 100 valence electrons. The zero-order valence-corrected chi connectivity index (χ0v) is 12.5. The molecule has 3 rings (SSSR count). The topological polar surface area (TPSA) is 53.2 Å². The highest BCUT2D eigenvalue weighted by molar-refractivity contribution is 9.10. The summed E-state index contributed by atoms with van der Waals surface area (Å²) in [7, 11) is -3.40. The molecule has 0 fully saturated rings. The predicted molar refractivity (Wildman–Crippen MR) is 76.2 cm³/mol. The van der Waals surface area contributed by atoms with Gasteiger partial charge in [-0.1, -0.05) is 15.9 Å². The molecule has 2 heterocycles. The molecule has 0 atom stereocenters. The summed E-state index contributed by atoms with van der Waals surface area (Å²) in [6.45, 7) is 0.961. The van der Waals surface area contributed by atoms with E-state index in [1.165, 1.54) is 4.31 Å². The molecule has 0 amide bonds. The lowest BCUT2D eigenvalue weighted by Crippen LogP contribution is -2.35. The molecule has 1 aliphatic heterocycles. The van der Waals surface area contributed by atoms with Gasteiger partial charge in [0.2, 0.25) is 10.0 Å². The Labute approximate surface area is 120 Å². The highest BCUT2D eigenvalue weighted by Crippen LogP contribution is 2.25. The minimum absolute atomic E-state index is 0.342. The number of halogens is 1. The molecule has 1 aromatic heterocycles. The van der Waals surface area contributed by atoms with Crippen molar-refractivity contribution in [1.82, 2.24) is 9.29 Å². The Morgan fingerprint density at radius 2 is 1.89 bits per heavy atom. The van der Waals surface area contributed by atoms with E-state index in [0.29, 0.717) is 18.0 Å². The van der Waals surface area contributed by atoms with Crippen LogP contribution in [0.15, 0.2) is 45.9 Å². The van der Waals surface area contributed by atoms with Crippen molar-refractivity contribution in [2.24, 2.45) is 0 Å². The van der Waals surface area contributed by atoms with E-state index in [1.807, 2.05) is 12.3 Å². The molecule has 0 bridgehead atoms. The highest BCUT2D eigenvalue weighted by Gasteiger charge is 2.28. The van der Waals surface area contributed by atoms with Gasteiger partial charge in [-0.3, -0.25) is 0 Å². The van der Waals surface area contributed by atoms with E-state index in [9.17, 15) is 8.42 Å². The van der Waals surface area contributed by atoms with Gasteiger partial charge >= 0.3 is 0 Å². The summed E-state index contributed by atoms with van der Waals surface area (Å²) < 4.78 is 27.5. The maximum Gasteiger partial charge on any atom is 0.243 e. The van der Waals surface area contributed by atoms with Crippen LogP contribution in [0.2, 0.25) is 0 Å². The van der Waals surface area contributed by atoms with Gasteiger partial charge in [0.1, 0.15) is 0 Å². The standard InChI is InChI=1S/C13H13BrN2O2S/c14-11-1-3-12(4-2-11)19(17,18)16-8-6-13-10(9-16)5-7-15-13/h1-5,7,15H,6,8-9H2. The summed E-state index contributed by atoms with van der Waals surface area (Å²) >= 11 is 3.31. The minimum atomic E-state index is -3.40. The zero-order chi connectivity index (χ0) is 13.5. The second-order valence-electron chi connectivity index (χ2n) is 4.52. The van der Waals surface area contributed by atoms with Crippen LogP contribution in [0.3, 0.4) is 0 Å². The van der Waals surface area contributed by atoms with Gasteiger partial charge in [-0.25, -0.2) is 8.42 Å². The molecule has 2 aromatic rings. The number of H-pyrrole nitrogens is 1. The number of aromatic nitrogens is 1. The zero-order valence-electron chi connectivity index (χ0n) is 10.1. The predicted octanol–water partition coefficient (Wildman–Crippen LogP) is 2.52. The molecular weight excluding hydrogens is 328 g/mol. The average Bonchev–Trinajstić information content (AvgIpc) is 2.86. The van der Waals surface area contributed by atoms with Crippen LogP contribution in [0.25, 0.3) is 0 Å². The number of benzene rings is 1. The number of rotatable bonds is 2. The molecule has 1 N–H and O–H groups in total. The van der Waals surface area contributed by atoms with Crippen molar-refractivity contribution >= 4 is 26.0 Å². The van der Waals surface area contributed by atoms with Gasteiger partial charge in [-0.15, -0.1) is 0 Å². The molecule has 0 aliphatic carbocycles. The number of nitrogens with one attached hydrogen (secondary N) is 1. The Hall–Kier alpha value is -1.11. The third-order valence-electron chi connectivity index (χ3n) is 3.34. The maximum absolute atomic E-state index is 12.5. The Kier molecular flexibility index (Phi) is 3.24. The highest BCUT2D eigenvalue weighted by atomic mass is 79.9. The van der Waals surface area contributed by atoms with E-state index < -0.39 is 10.0 Å². The lowest BCUT2D eigenvalue weighted by atomic mass is 10.1. The first kappa shape index (κ1) is 12.9. The van der Waals surface area contributed by atoms with Crippen LogP contribution >= 0.6 is 15.9 Å². The van der Waals surface area contributed by atoms with E-state index in [4.69, 9.17) is 0 Å². The molecule has 19 heavy (non-hydrogen) atoms. The summed E-state index contributed by atoms with van der Waals surface area (Å²) in [5.74, 6) is 0. The monoisotopic (exact) mass is 340 g/mol. The Morgan fingerprint density at radius 3 is 2.63 bits per heavy atom. The van der Waals surface area contributed by atoms with Crippen LogP contribution in [0.5, 0.6) is 0 Å². The second kappa shape index (κ2) is 4.77. The van der Waals surface area contributed by atoms with Crippen molar-refractivity contribution in [3.05, 3.63) is 52.3 Å². The van der Waals surface area contributed by atoms with Crippen LogP contribution in [-0.4, -0.2) is 24.3 Å². The number of nitrogens with zero attached hydrogens (tertiary/aromatic N) is 1. The largest absolute Gasteiger partial charge is 0.365 e. The van der Waals surface area contributed by atoms with Gasteiger partial charge in [0.25, 0.3) is 0 Å². The van der Waals surface area contributed by atoms with E-state index in [2.05, 4.69) is 20.9 Å². The molecule has 0 radical (unpaired) electrons. The van der Waals surface area contributed by atoms with Crippen molar-refractivity contribution in [1.29, 1.82) is 0 Å². The molecule has 1 aliphatic rings. The molecule has 0 saturated carbocycles. The van der Waals surface area contributed by atoms with Gasteiger partial charge < -0.3 is 4.98 Å². The summed E-state index contributed by atoms with van der Waals surface area (Å²) in [5.41, 5.74) is 2.20. The molecular formula is C13H13BrN2O2S. The Bertz CT molecular complexity index is 692. The van der Waals surface area contributed by atoms with Crippen molar-refractivity contribution in [3.8, 4) is 0 Å². The molecule has 0 saturated heterocycles. The lowest BCUT2D eigenvalue weighted by molar-refractivity contribution is 0.390. The number of aromatic amines is 1. The maximum atomic E-state index is 12.5. The fourth-order valence-electron chi connectivity index (χ4n) is 2.28. The Balaban J connectivity index is 1.92. The van der Waals surface area contributed by atoms with Gasteiger partial charge in [-0.05, 0) is 35.9 Å². The summed E-state index contributed by atoms with van der Waals surface area (Å²) in [4.78, 5) is 3.49. The van der Waals surface area contributed by atoms with Gasteiger partial charge in [-0.2, -0.15) is 4.31 Å². The molecule has 0 unspecified atom stereocenters. The smallest absolute Gasteiger partial charge is 0.243 e. The first-order valence-corrected chi connectivity index (χ1v) is 8.21. The number of hydrogen-bond donors (Lipinski definition) is 1. The lowest BCUT2D eigenvalue weighted by Gasteiger charge is -2.26.